The van der Waals surface area contributed by atoms with Crippen molar-refractivity contribution in [3.8, 4) is 23.3 Å². The summed E-state index contributed by atoms with van der Waals surface area (Å²) in [6.45, 7) is 1.42. The van der Waals surface area contributed by atoms with E-state index in [2.05, 4.69) is 0 Å². The summed E-state index contributed by atoms with van der Waals surface area (Å²) in [6.07, 6.45) is -0.970. The number of halogens is 1. The van der Waals surface area contributed by atoms with E-state index in [1.54, 1.807) is 0 Å². The predicted octanol–water partition coefficient (Wildman–Crippen LogP) is 3.34. The Morgan fingerprint density at radius 3 is 2.41 bits per heavy atom. The molecular formula is C16H12FNO4. The quantitative estimate of drug-likeness (QED) is 0.916. The van der Waals surface area contributed by atoms with Gasteiger partial charge in [-0.2, -0.15) is 5.26 Å². The Morgan fingerprint density at radius 1 is 1.23 bits per heavy atom. The molecule has 22 heavy (non-hydrogen) atoms. The van der Waals surface area contributed by atoms with E-state index < -0.39 is 17.9 Å². The van der Waals surface area contributed by atoms with Gasteiger partial charge in [0.15, 0.2) is 17.7 Å². The Kier molecular flexibility index (Phi) is 4.59. The molecule has 2 aromatic carbocycles. The third-order valence-electron chi connectivity index (χ3n) is 2.77. The molecule has 0 heterocycles. The lowest BCUT2D eigenvalue weighted by Crippen LogP contribution is -2.22. The van der Waals surface area contributed by atoms with Crippen LogP contribution >= 0.6 is 0 Å². The lowest BCUT2D eigenvalue weighted by molar-refractivity contribution is -0.144. The topological polar surface area (TPSA) is 79.5 Å². The standard InChI is InChI=1S/C16H12FNO4/c1-10(16(19)20)21-12-3-5-13(6-4-12)22-15-7-2-11(9-18)8-14(15)17/h2-8,10H,1H3,(H,19,20). The first-order valence-corrected chi connectivity index (χ1v) is 6.36. The molecule has 0 amide bonds. The number of ether oxygens (including phenoxy) is 2. The van der Waals surface area contributed by atoms with Crippen molar-refractivity contribution in [1.82, 2.24) is 0 Å². The Balaban J connectivity index is 2.08. The number of hydrogen-bond donors (Lipinski definition) is 1. The van der Waals surface area contributed by atoms with Gasteiger partial charge in [-0.15, -0.1) is 0 Å². The summed E-state index contributed by atoms with van der Waals surface area (Å²) in [6, 6.07) is 11.8. The summed E-state index contributed by atoms with van der Waals surface area (Å²) in [7, 11) is 0. The summed E-state index contributed by atoms with van der Waals surface area (Å²) in [5, 5.41) is 17.4. The molecular weight excluding hydrogens is 289 g/mol. The zero-order valence-corrected chi connectivity index (χ0v) is 11.6. The van der Waals surface area contributed by atoms with Crippen LogP contribution in [0.3, 0.4) is 0 Å². The van der Waals surface area contributed by atoms with Crippen LogP contribution in [0.2, 0.25) is 0 Å². The van der Waals surface area contributed by atoms with Crippen LogP contribution in [0.1, 0.15) is 12.5 Å². The molecule has 0 saturated carbocycles. The second-order valence-electron chi connectivity index (χ2n) is 4.43. The molecule has 2 aromatic rings. The molecule has 0 aliphatic heterocycles. The van der Waals surface area contributed by atoms with E-state index in [0.29, 0.717) is 11.5 Å². The number of carbonyl (C=O) groups is 1. The lowest BCUT2D eigenvalue weighted by atomic mass is 10.2. The summed E-state index contributed by atoms with van der Waals surface area (Å²) in [4.78, 5) is 10.7. The highest BCUT2D eigenvalue weighted by molar-refractivity contribution is 5.72. The molecule has 0 fully saturated rings. The number of benzene rings is 2. The Hall–Kier alpha value is -3.07. The zero-order valence-electron chi connectivity index (χ0n) is 11.6. The number of aliphatic carboxylic acids is 1. The average Bonchev–Trinajstić information content (AvgIpc) is 2.51. The maximum atomic E-state index is 13.7. The number of carboxylic acid groups (broad SMARTS) is 1. The van der Waals surface area contributed by atoms with Crippen LogP contribution in [0.5, 0.6) is 17.2 Å². The van der Waals surface area contributed by atoms with E-state index in [0.717, 1.165) is 6.07 Å². The molecule has 0 aliphatic rings. The van der Waals surface area contributed by atoms with Gasteiger partial charge in [-0.05, 0) is 49.4 Å². The van der Waals surface area contributed by atoms with Gasteiger partial charge in [-0.25, -0.2) is 9.18 Å². The normalized spacial score (nSPS) is 11.3. The highest BCUT2D eigenvalue weighted by Gasteiger charge is 2.12. The van der Waals surface area contributed by atoms with Gasteiger partial charge in [0.25, 0.3) is 0 Å². The molecule has 0 radical (unpaired) electrons. The summed E-state index contributed by atoms with van der Waals surface area (Å²) >= 11 is 0. The van der Waals surface area contributed by atoms with Gasteiger partial charge in [0.1, 0.15) is 11.5 Å². The molecule has 1 atom stereocenters. The van der Waals surface area contributed by atoms with Crippen LogP contribution < -0.4 is 9.47 Å². The number of nitriles is 1. The van der Waals surface area contributed by atoms with Crippen molar-refractivity contribution in [2.45, 2.75) is 13.0 Å². The average molecular weight is 301 g/mol. The minimum Gasteiger partial charge on any atom is -0.479 e. The van der Waals surface area contributed by atoms with Crippen molar-refractivity contribution in [3.63, 3.8) is 0 Å². The van der Waals surface area contributed by atoms with E-state index in [1.807, 2.05) is 6.07 Å². The van der Waals surface area contributed by atoms with Crippen molar-refractivity contribution in [2.24, 2.45) is 0 Å². The molecule has 2 rings (SSSR count). The second kappa shape index (κ2) is 6.59. The van der Waals surface area contributed by atoms with E-state index in [4.69, 9.17) is 19.8 Å². The maximum Gasteiger partial charge on any atom is 0.344 e. The van der Waals surface area contributed by atoms with Gasteiger partial charge in [-0.1, -0.05) is 0 Å². The van der Waals surface area contributed by atoms with Gasteiger partial charge in [0.2, 0.25) is 0 Å². The van der Waals surface area contributed by atoms with Gasteiger partial charge >= 0.3 is 5.97 Å². The van der Waals surface area contributed by atoms with E-state index in [1.165, 1.54) is 43.3 Å². The van der Waals surface area contributed by atoms with Gasteiger partial charge in [0, 0.05) is 0 Å². The van der Waals surface area contributed by atoms with Crippen molar-refractivity contribution in [2.75, 3.05) is 0 Å². The fourth-order valence-corrected chi connectivity index (χ4v) is 1.62. The first-order chi connectivity index (χ1) is 10.5. The van der Waals surface area contributed by atoms with Crippen molar-refractivity contribution in [1.29, 1.82) is 5.26 Å². The van der Waals surface area contributed by atoms with Crippen LogP contribution in [0.25, 0.3) is 0 Å². The first-order valence-electron chi connectivity index (χ1n) is 6.36. The molecule has 112 valence electrons. The predicted molar refractivity (Wildman–Crippen MR) is 75.4 cm³/mol. The molecule has 1 N–H and O–H groups in total. The second-order valence-corrected chi connectivity index (χ2v) is 4.43. The van der Waals surface area contributed by atoms with E-state index >= 15 is 0 Å². The number of rotatable bonds is 5. The van der Waals surface area contributed by atoms with Gasteiger partial charge in [-0.3, -0.25) is 0 Å². The monoisotopic (exact) mass is 301 g/mol. The van der Waals surface area contributed by atoms with E-state index in [-0.39, 0.29) is 11.3 Å². The minimum atomic E-state index is -1.07. The number of carboxylic acids is 1. The third-order valence-corrected chi connectivity index (χ3v) is 2.77. The van der Waals surface area contributed by atoms with Crippen LogP contribution in [-0.4, -0.2) is 17.2 Å². The molecule has 5 nitrogen and oxygen atoms in total. The Bertz CT molecular complexity index is 722. The maximum absolute atomic E-state index is 13.7. The Labute approximate surface area is 126 Å². The highest BCUT2D eigenvalue weighted by atomic mass is 19.1. The fraction of sp³-hybridized carbons (Fsp3) is 0.125. The number of hydrogen-bond acceptors (Lipinski definition) is 4. The first kappa shape index (κ1) is 15.3. The van der Waals surface area contributed by atoms with Crippen LogP contribution in [0.4, 0.5) is 4.39 Å². The molecule has 0 aliphatic carbocycles. The Morgan fingerprint density at radius 2 is 1.86 bits per heavy atom. The fourth-order valence-electron chi connectivity index (χ4n) is 1.62. The number of nitrogens with zero attached hydrogens (tertiary/aromatic N) is 1. The van der Waals surface area contributed by atoms with Gasteiger partial charge < -0.3 is 14.6 Å². The van der Waals surface area contributed by atoms with Gasteiger partial charge in [0.05, 0.1) is 11.6 Å². The minimum absolute atomic E-state index is 0.00780. The zero-order chi connectivity index (χ0) is 16.1. The summed E-state index contributed by atoms with van der Waals surface area (Å²) < 4.78 is 24.2. The molecule has 0 spiro atoms. The van der Waals surface area contributed by atoms with Crippen LogP contribution in [0.15, 0.2) is 42.5 Å². The van der Waals surface area contributed by atoms with Crippen LogP contribution in [-0.2, 0) is 4.79 Å². The molecule has 0 bridgehead atoms. The lowest BCUT2D eigenvalue weighted by Gasteiger charge is -2.11. The molecule has 1 unspecified atom stereocenters. The molecule has 0 aromatic heterocycles. The SMILES string of the molecule is CC(Oc1ccc(Oc2ccc(C#N)cc2F)cc1)C(=O)O. The smallest absolute Gasteiger partial charge is 0.344 e. The van der Waals surface area contributed by atoms with Crippen molar-refractivity contribution < 1.29 is 23.8 Å². The molecule has 6 heteroatoms. The van der Waals surface area contributed by atoms with Crippen molar-refractivity contribution in [3.05, 3.63) is 53.8 Å². The summed E-state index contributed by atoms with van der Waals surface area (Å²) in [5.41, 5.74) is 0.205. The van der Waals surface area contributed by atoms with Crippen LogP contribution in [0, 0.1) is 17.1 Å². The summed E-state index contributed by atoms with van der Waals surface area (Å²) in [5.74, 6) is -0.994. The largest absolute Gasteiger partial charge is 0.479 e. The highest BCUT2D eigenvalue weighted by Crippen LogP contribution is 2.27. The third kappa shape index (κ3) is 3.73. The van der Waals surface area contributed by atoms with Crippen molar-refractivity contribution >= 4 is 5.97 Å². The van der Waals surface area contributed by atoms with E-state index in [9.17, 15) is 9.18 Å². The molecule has 0 saturated heterocycles.